The summed E-state index contributed by atoms with van der Waals surface area (Å²) in [5, 5.41) is 6.09. The fourth-order valence-electron chi connectivity index (χ4n) is 1.01. The lowest BCUT2D eigenvalue weighted by molar-refractivity contribution is -0.123. The molecule has 0 saturated carbocycles. The zero-order chi connectivity index (χ0) is 8.97. The highest BCUT2D eigenvalue weighted by Crippen LogP contribution is 2.09. The normalized spacial score (nSPS) is 25.3. The molecule has 1 saturated heterocycles. The average Bonchev–Trinajstić information content (AvgIpc) is 2.56. The molecule has 12 heavy (non-hydrogen) atoms. The molecule has 0 aliphatic carbocycles. The summed E-state index contributed by atoms with van der Waals surface area (Å²) in [6.07, 6.45) is 0.992. The Hall–Kier alpha value is -0.220. The quantitative estimate of drug-likeness (QED) is 0.680. The number of hydrogen-bond donors (Lipinski definition) is 2. The van der Waals surface area contributed by atoms with Crippen LogP contribution in [0.15, 0.2) is 0 Å². The minimum absolute atomic E-state index is 0.0315. The third-order valence-electron chi connectivity index (χ3n) is 2.03. The van der Waals surface area contributed by atoms with Crippen LogP contribution in [0.3, 0.4) is 0 Å². The average molecular weight is 188 g/mol. The van der Waals surface area contributed by atoms with Crippen LogP contribution in [0, 0.1) is 0 Å². The van der Waals surface area contributed by atoms with Crippen LogP contribution in [-0.4, -0.2) is 29.6 Å². The Bertz CT molecular complexity index is 157. The van der Waals surface area contributed by atoms with Gasteiger partial charge in [-0.2, -0.15) is 0 Å². The summed E-state index contributed by atoms with van der Waals surface area (Å²) in [7, 11) is 0. The minimum Gasteiger partial charge on any atom is -0.352 e. The van der Waals surface area contributed by atoms with Gasteiger partial charge in [-0.25, -0.2) is 0 Å². The van der Waals surface area contributed by atoms with Gasteiger partial charge in [0.15, 0.2) is 0 Å². The van der Waals surface area contributed by atoms with Crippen molar-refractivity contribution in [2.45, 2.75) is 32.4 Å². The zero-order valence-corrected chi connectivity index (χ0v) is 8.41. The van der Waals surface area contributed by atoms with E-state index in [0.29, 0.717) is 6.04 Å². The van der Waals surface area contributed by atoms with E-state index in [2.05, 4.69) is 17.6 Å². The van der Waals surface area contributed by atoms with E-state index in [1.807, 2.05) is 6.92 Å². The van der Waals surface area contributed by atoms with Crippen LogP contribution >= 0.6 is 11.8 Å². The van der Waals surface area contributed by atoms with Gasteiger partial charge in [-0.1, -0.05) is 6.92 Å². The molecule has 0 bridgehead atoms. The molecule has 1 fully saturated rings. The van der Waals surface area contributed by atoms with Gasteiger partial charge in [0.2, 0.25) is 5.91 Å². The number of nitrogens with one attached hydrogen (secondary N) is 2. The molecule has 2 N–H and O–H groups in total. The zero-order valence-electron chi connectivity index (χ0n) is 7.59. The molecule has 1 aliphatic heterocycles. The molecule has 0 spiro atoms. The molecule has 1 rings (SSSR count). The molecular weight excluding hydrogens is 172 g/mol. The molecule has 4 heteroatoms. The van der Waals surface area contributed by atoms with Crippen molar-refractivity contribution in [3.05, 3.63) is 0 Å². The van der Waals surface area contributed by atoms with Crippen LogP contribution in [0.5, 0.6) is 0 Å². The number of carbonyl (C=O) groups excluding carboxylic acids is 1. The van der Waals surface area contributed by atoms with Crippen molar-refractivity contribution in [2.75, 3.05) is 11.6 Å². The van der Waals surface area contributed by atoms with Crippen LogP contribution in [0.2, 0.25) is 0 Å². The summed E-state index contributed by atoms with van der Waals surface area (Å²) in [5.41, 5.74) is 0. The molecule has 1 heterocycles. The van der Waals surface area contributed by atoms with Gasteiger partial charge < -0.3 is 5.32 Å². The molecule has 70 valence electrons. The lowest BCUT2D eigenvalue weighted by Gasteiger charge is -2.14. The Morgan fingerprint density at radius 3 is 3.08 bits per heavy atom. The Balaban J connectivity index is 2.27. The molecule has 0 aromatic heterocycles. The van der Waals surface area contributed by atoms with Gasteiger partial charge in [0, 0.05) is 17.7 Å². The van der Waals surface area contributed by atoms with E-state index in [4.69, 9.17) is 0 Å². The van der Waals surface area contributed by atoms with Crippen molar-refractivity contribution < 1.29 is 4.79 Å². The first kappa shape index (κ1) is 9.86. The van der Waals surface area contributed by atoms with E-state index in [-0.39, 0.29) is 11.9 Å². The van der Waals surface area contributed by atoms with Crippen LogP contribution in [0.4, 0.5) is 0 Å². The first-order chi connectivity index (χ1) is 5.74. The lowest BCUT2D eigenvalue weighted by atomic mass is 10.2. The second-order valence-electron chi connectivity index (χ2n) is 3.09. The maximum Gasteiger partial charge on any atom is 0.238 e. The number of amides is 1. The predicted molar refractivity (Wildman–Crippen MR) is 52.1 cm³/mol. The SMILES string of the molecule is CC[C@H](C)NC(=O)[C@@H]1CSCN1. The molecular formula is C8H16N2OS. The van der Waals surface area contributed by atoms with Crippen LogP contribution in [0.25, 0.3) is 0 Å². The number of rotatable bonds is 3. The van der Waals surface area contributed by atoms with Crippen molar-refractivity contribution in [1.82, 2.24) is 10.6 Å². The van der Waals surface area contributed by atoms with Gasteiger partial charge in [-0.3, -0.25) is 10.1 Å². The highest BCUT2D eigenvalue weighted by molar-refractivity contribution is 7.99. The first-order valence-corrected chi connectivity index (χ1v) is 5.51. The fraction of sp³-hybridized carbons (Fsp3) is 0.875. The topological polar surface area (TPSA) is 41.1 Å². The van der Waals surface area contributed by atoms with E-state index in [9.17, 15) is 4.79 Å². The van der Waals surface area contributed by atoms with Gasteiger partial charge in [-0.15, -0.1) is 11.8 Å². The summed E-state index contributed by atoms with van der Waals surface area (Å²) in [6.45, 7) is 4.10. The molecule has 0 aromatic rings. The molecule has 0 unspecified atom stereocenters. The Labute approximate surface area is 77.7 Å². The van der Waals surface area contributed by atoms with Gasteiger partial charge in [0.25, 0.3) is 0 Å². The minimum atomic E-state index is 0.0315. The molecule has 2 atom stereocenters. The Morgan fingerprint density at radius 1 is 1.83 bits per heavy atom. The van der Waals surface area contributed by atoms with Gasteiger partial charge in [0.1, 0.15) is 0 Å². The number of thioether (sulfide) groups is 1. The molecule has 0 radical (unpaired) electrons. The Kier molecular flexibility index (Phi) is 3.88. The van der Waals surface area contributed by atoms with E-state index in [1.54, 1.807) is 11.8 Å². The Morgan fingerprint density at radius 2 is 2.58 bits per heavy atom. The van der Waals surface area contributed by atoms with Crippen molar-refractivity contribution in [3.63, 3.8) is 0 Å². The van der Waals surface area contributed by atoms with Crippen LogP contribution in [-0.2, 0) is 4.79 Å². The first-order valence-electron chi connectivity index (χ1n) is 4.35. The van der Waals surface area contributed by atoms with Crippen molar-refractivity contribution in [1.29, 1.82) is 0 Å². The molecule has 3 nitrogen and oxygen atoms in total. The second kappa shape index (κ2) is 4.72. The van der Waals surface area contributed by atoms with Crippen molar-refractivity contribution in [3.8, 4) is 0 Å². The monoisotopic (exact) mass is 188 g/mol. The standard InChI is InChI=1S/C8H16N2OS/c1-3-6(2)10-8(11)7-4-12-5-9-7/h6-7,9H,3-5H2,1-2H3,(H,10,11)/t6-,7-/m0/s1. The second-order valence-corrected chi connectivity index (χ2v) is 4.12. The largest absolute Gasteiger partial charge is 0.352 e. The van der Waals surface area contributed by atoms with Crippen LogP contribution in [0.1, 0.15) is 20.3 Å². The highest BCUT2D eigenvalue weighted by atomic mass is 32.2. The predicted octanol–water partition coefficient (Wildman–Crippen LogP) is 0.564. The molecule has 0 aromatic carbocycles. The maximum absolute atomic E-state index is 11.4. The van der Waals surface area contributed by atoms with Crippen molar-refractivity contribution in [2.24, 2.45) is 0 Å². The molecule has 1 aliphatic rings. The van der Waals surface area contributed by atoms with Crippen molar-refractivity contribution >= 4 is 17.7 Å². The summed E-state index contributed by atoms with van der Waals surface area (Å²) < 4.78 is 0. The van der Waals surface area contributed by atoms with E-state index >= 15 is 0 Å². The summed E-state index contributed by atoms with van der Waals surface area (Å²) in [4.78, 5) is 11.4. The molecule has 1 amide bonds. The van der Waals surface area contributed by atoms with Crippen LogP contribution < -0.4 is 10.6 Å². The maximum atomic E-state index is 11.4. The summed E-state index contributed by atoms with van der Waals surface area (Å²) in [5.74, 6) is 1.95. The van der Waals surface area contributed by atoms with Gasteiger partial charge >= 0.3 is 0 Å². The van der Waals surface area contributed by atoms with E-state index in [1.165, 1.54) is 0 Å². The van der Waals surface area contributed by atoms with Gasteiger partial charge in [0.05, 0.1) is 6.04 Å². The summed E-state index contributed by atoms with van der Waals surface area (Å²) >= 11 is 1.77. The third kappa shape index (κ3) is 2.68. The number of hydrogen-bond acceptors (Lipinski definition) is 3. The third-order valence-corrected chi connectivity index (χ3v) is 2.97. The summed E-state index contributed by atoms with van der Waals surface area (Å²) in [6, 6.07) is 0.328. The van der Waals surface area contributed by atoms with Gasteiger partial charge in [-0.05, 0) is 13.3 Å². The highest BCUT2D eigenvalue weighted by Gasteiger charge is 2.22. The lowest BCUT2D eigenvalue weighted by Crippen LogP contribution is -2.45. The fourth-order valence-corrected chi connectivity index (χ4v) is 1.95. The number of carbonyl (C=O) groups is 1. The van der Waals surface area contributed by atoms with E-state index < -0.39 is 0 Å². The smallest absolute Gasteiger partial charge is 0.238 e. The van der Waals surface area contributed by atoms with E-state index in [0.717, 1.165) is 18.1 Å².